The van der Waals surface area contributed by atoms with Crippen LogP contribution < -0.4 is 15.4 Å². The van der Waals surface area contributed by atoms with Gasteiger partial charge in [-0.3, -0.25) is 9.59 Å². The minimum absolute atomic E-state index is 0.101. The van der Waals surface area contributed by atoms with E-state index < -0.39 is 12.0 Å². The van der Waals surface area contributed by atoms with Crippen molar-refractivity contribution in [3.8, 4) is 5.75 Å². The molecule has 1 atom stereocenters. The number of ether oxygens (including phenoxy) is 1. The second-order valence-electron chi connectivity index (χ2n) is 6.71. The van der Waals surface area contributed by atoms with Crippen molar-refractivity contribution in [2.24, 2.45) is 5.73 Å². The van der Waals surface area contributed by atoms with Gasteiger partial charge in [-0.15, -0.1) is 0 Å². The summed E-state index contributed by atoms with van der Waals surface area (Å²) < 4.78 is 7.28. The summed E-state index contributed by atoms with van der Waals surface area (Å²) >= 11 is 0. The molecule has 1 aliphatic rings. The Morgan fingerprint density at radius 2 is 2.07 bits per heavy atom. The molecule has 28 heavy (non-hydrogen) atoms. The fraction of sp³-hybridized carbons (Fsp3) is 0.316. The first-order valence-corrected chi connectivity index (χ1v) is 8.97. The highest BCUT2D eigenvalue weighted by Crippen LogP contribution is 2.33. The number of fused-ring (bicyclic) bond motifs is 2. The van der Waals surface area contributed by atoms with Gasteiger partial charge in [0.05, 0.1) is 12.2 Å². The van der Waals surface area contributed by atoms with Gasteiger partial charge < -0.3 is 15.4 Å². The third-order valence-electron chi connectivity index (χ3n) is 4.97. The predicted molar refractivity (Wildman–Crippen MR) is 101 cm³/mol. The number of nitrogens with two attached hydrogens (primary N) is 1. The van der Waals surface area contributed by atoms with Crippen molar-refractivity contribution < 1.29 is 14.3 Å². The molecular formula is C19H20N6O3. The monoisotopic (exact) mass is 380 g/mol. The van der Waals surface area contributed by atoms with Gasteiger partial charge in [-0.05, 0) is 38.0 Å². The predicted octanol–water partition coefficient (Wildman–Crippen LogP) is 0.953. The lowest BCUT2D eigenvalue weighted by molar-refractivity contribution is -0.125. The second-order valence-corrected chi connectivity index (χ2v) is 6.71. The van der Waals surface area contributed by atoms with Crippen LogP contribution in [-0.2, 0) is 16.0 Å². The van der Waals surface area contributed by atoms with Crippen molar-refractivity contribution in [3.63, 3.8) is 0 Å². The number of nitrogens with zero attached hydrogens (tertiary/aromatic N) is 5. The van der Waals surface area contributed by atoms with E-state index in [1.807, 2.05) is 19.9 Å². The Morgan fingerprint density at radius 1 is 1.29 bits per heavy atom. The summed E-state index contributed by atoms with van der Waals surface area (Å²) in [5.41, 5.74) is 8.74. The van der Waals surface area contributed by atoms with Crippen LogP contribution in [0.2, 0.25) is 0 Å². The van der Waals surface area contributed by atoms with Crippen LogP contribution in [0.5, 0.6) is 5.75 Å². The molecule has 0 radical (unpaired) electrons. The fourth-order valence-corrected chi connectivity index (χ4v) is 3.50. The van der Waals surface area contributed by atoms with Crippen molar-refractivity contribution >= 4 is 23.3 Å². The number of aryl methyl sites for hydroxylation is 2. The van der Waals surface area contributed by atoms with E-state index in [0.717, 1.165) is 17.0 Å². The van der Waals surface area contributed by atoms with E-state index in [0.29, 0.717) is 23.6 Å². The summed E-state index contributed by atoms with van der Waals surface area (Å²) in [6, 6.07) is 7.13. The summed E-state index contributed by atoms with van der Waals surface area (Å²) in [6.45, 7) is 3.93. The van der Waals surface area contributed by atoms with Gasteiger partial charge in [0.25, 0.3) is 11.7 Å². The molecule has 4 rings (SSSR count). The quantitative estimate of drug-likeness (QED) is 0.721. The summed E-state index contributed by atoms with van der Waals surface area (Å²) in [6.07, 6.45) is 1.34. The van der Waals surface area contributed by atoms with Crippen molar-refractivity contribution in [1.82, 2.24) is 19.6 Å². The van der Waals surface area contributed by atoms with Gasteiger partial charge in [-0.25, -0.2) is 9.50 Å². The SMILES string of the molecule is Cc1nc2ncnn2c(C)c1CCC(=O)N1C[C@@H](C(N)=O)Oc2ccccc21. The van der Waals surface area contributed by atoms with Crippen LogP contribution in [0.4, 0.5) is 5.69 Å². The molecule has 1 aliphatic heterocycles. The van der Waals surface area contributed by atoms with Gasteiger partial charge in [-0.1, -0.05) is 12.1 Å². The zero-order valence-electron chi connectivity index (χ0n) is 15.6. The molecule has 0 saturated heterocycles. The van der Waals surface area contributed by atoms with E-state index >= 15 is 0 Å². The molecule has 0 unspecified atom stereocenters. The first-order valence-electron chi connectivity index (χ1n) is 8.97. The molecule has 0 saturated carbocycles. The summed E-state index contributed by atoms with van der Waals surface area (Å²) in [5, 5.41) is 4.18. The summed E-state index contributed by atoms with van der Waals surface area (Å²) in [7, 11) is 0. The van der Waals surface area contributed by atoms with Gasteiger partial charge in [-0.2, -0.15) is 10.1 Å². The molecule has 144 valence electrons. The second kappa shape index (κ2) is 6.91. The number of rotatable bonds is 4. The van der Waals surface area contributed by atoms with Gasteiger partial charge >= 0.3 is 0 Å². The topological polar surface area (TPSA) is 116 Å². The molecule has 0 aliphatic carbocycles. The maximum absolute atomic E-state index is 13.0. The van der Waals surface area contributed by atoms with Gasteiger partial charge in [0, 0.05) is 17.8 Å². The molecule has 0 bridgehead atoms. The highest BCUT2D eigenvalue weighted by atomic mass is 16.5. The number of carbonyl (C=O) groups excluding carboxylic acids is 2. The third kappa shape index (κ3) is 3.04. The van der Waals surface area contributed by atoms with E-state index in [1.165, 1.54) is 6.33 Å². The molecule has 3 aromatic rings. The van der Waals surface area contributed by atoms with Crippen molar-refractivity contribution in [1.29, 1.82) is 0 Å². The minimum Gasteiger partial charge on any atom is -0.477 e. The van der Waals surface area contributed by atoms with E-state index in [1.54, 1.807) is 27.6 Å². The van der Waals surface area contributed by atoms with E-state index in [9.17, 15) is 9.59 Å². The van der Waals surface area contributed by atoms with Gasteiger partial charge in [0.1, 0.15) is 12.1 Å². The molecule has 9 nitrogen and oxygen atoms in total. The largest absolute Gasteiger partial charge is 0.477 e. The van der Waals surface area contributed by atoms with Crippen LogP contribution in [0.25, 0.3) is 5.78 Å². The van der Waals surface area contributed by atoms with Crippen LogP contribution in [0.3, 0.4) is 0 Å². The van der Waals surface area contributed by atoms with E-state index in [-0.39, 0.29) is 18.9 Å². The van der Waals surface area contributed by atoms with Crippen LogP contribution >= 0.6 is 0 Å². The molecule has 9 heteroatoms. The number of anilines is 1. The number of aromatic nitrogens is 4. The van der Waals surface area contributed by atoms with Crippen molar-refractivity contribution in [3.05, 3.63) is 47.5 Å². The van der Waals surface area contributed by atoms with Crippen LogP contribution in [0, 0.1) is 13.8 Å². The Bertz CT molecular complexity index is 1080. The zero-order chi connectivity index (χ0) is 19.8. The molecule has 2 amide bonds. The number of hydrogen-bond acceptors (Lipinski definition) is 6. The molecule has 1 aromatic carbocycles. The zero-order valence-corrected chi connectivity index (χ0v) is 15.6. The maximum Gasteiger partial charge on any atom is 0.260 e. The lowest BCUT2D eigenvalue weighted by Crippen LogP contribution is -2.49. The molecule has 0 fully saturated rings. The Morgan fingerprint density at radius 3 is 2.86 bits per heavy atom. The van der Waals surface area contributed by atoms with Gasteiger partial charge in [0.2, 0.25) is 5.91 Å². The maximum atomic E-state index is 13.0. The first kappa shape index (κ1) is 17.9. The van der Waals surface area contributed by atoms with Crippen LogP contribution in [0.15, 0.2) is 30.6 Å². The number of hydrogen-bond donors (Lipinski definition) is 1. The lowest BCUT2D eigenvalue weighted by atomic mass is 10.1. The number of benzene rings is 1. The van der Waals surface area contributed by atoms with E-state index in [4.69, 9.17) is 10.5 Å². The molecule has 3 heterocycles. The average Bonchev–Trinajstić information content (AvgIpc) is 3.15. The third-order valence-corrected chi connectivity index (χ3v) is 4.97. The number of para-hydroxylation sites is 2. The Hall–Kier alpha value is -3.49. The van der Waals surface area contributed by atoms with Crippen LogP contribution in [-0.4, -0.2) is 44.0 Å². The molecule has 0 spiro atoms. The van der Waals surface area contributed by atoms with E-state index in [2.05, 4.69) is 15.1 Å². The van der Waals surface area contributed by atoms with Crippen molar-refractivity contribution in [2.75, 3.05) is 11.4 Å². The van der Waals surface area contributed by atoms with Crippen molar-refractivity contribution in [2.45, 2.75) is 32.8 Å². The standard InChI is InChI=1S/C19H20N6O3/c1-11-13(12(2)25-19(23-11)21-10-22-25)7-8-17(26)24-9-16(18(20)27)28-15-6-4-3-5-14(15)24/h3-6,10,16H,7-9H2,1-2H3,(H2,20,27)/t16-/m0/s1. The first-order chi connectivity index (χ1) is 13.5. The lowest BCUT2D eigenvalue weighted by Gasteiger charge is -2.33. The Balaban J connectivity index is 1.58. The Labute approximate surface area is 161 Å². The van der Waals surface area contributed by atoms with Crippen LogP contribution in [0.1, 0.15) is 23.4 Å². The fourth-order valence-electron chi connectivity index (χ4n) is 3.50. The summed E-state index contributed by atoms with van der Waals surface area (Å²) in [5.74, 6) is 0.305. The minimum atomic E-state index is -0.865. The molecular weight excluding hydrogens is 360 g/mol. The normalized spacial score (nSPS) is 15.9. The summed E-state index contributed by atoms with van der Waals surface area (Å²) in [4.78, 5) is 34.8. The highest BCUT2D eigenvalue weighted by molar-refractivity contribution is 5.97. The van der Waals surface area contributed by atoms with Gasteiger partial charge in [0.15, 0.2) is 6.10 Å². The highest BCUT2D eigenvalue weighted by Gasteiger charge is 2.32. The number of carbonyl (C=O) groups is 2. The molecule has 2 N–H and O–H groups in total. The Kier molecular flexibility index (Phi) is 4.42. The molecule has 2 aromatic heterocycles. The number of amides is 2. The average molecular weight is 380 g/mol. The smallest absolute Gasteiger partial charge is 0.260 e. The number of primary amides is 1.